The van der Waals surface area contributed by atoms with E-state index in [1.165, 1.54) is 6.07 Å². The highest BCUT2D eigenvalue weighted by Gasteiger charge is 2.13. The van der Waals surface area contributed by atoms with Crippen LogP contribution >= 0.6 is 0 Å². The van der Waals surface area contributed by atoms with Gasteiger partial charge in [-0.15, -0.1) is 0 Å². The third-order valence-corrected chi connectivity index (χ3v) is 2.24. The fourth-order valence-electron chi connectivity index (χ4n) is 1.28. The van der Waals surface area contributed by atoms with Crippen LogP contribution in [0.2, 0.25) is 0 Å². The highest BCUT2D eigenvalue weighted by molar-refractivity contribution is 5.94. The molecule has 0 amide bonds. The first-order valence-corrected chi connectivity index (χ1v) is 4.58. The Morgan fingerprint density at radius 1 is 1.60 bits per heavy atom. The van der Waals surface area contributed by atoms with Crippen molar-refractivity contribution < 1.29 is 9.90 Å². The van der Waals surface area contributed by atoms with Crippen LogP contribution in [-0.4, -0.2) is 24.7 Å². The van der Waals surface area contributed by atoms with Gasteiger partial charge < -0.3 is 10.0 Å². The van der Waals surface area contributed by atoms with Crippen LogP contribution in [-0.2, 0) is 0 Å². The molecule has 0 aromatic heterocycles. The molecule has 0 aliphatic rings. The average molecular weight is 204 g/mol. The van der Waals surface area contributed by atoms with E-state index in [1.54, 1.807) is 12.1 Å². The molecule has 4 nitrogen and oxygen atoms in total. The molecule has 1 aromatic carbocycles. The minimum Gasteiger partial charge on any atom is -0.478 e. The summed E-state index contributed by atoms with van der Waals surface area (Å²) in [5.41, 5.74) is 1.16. The zero-order chi connectivity index (χ0) is 11.4. The van der Waals surface area contributed by atoms with E-state index < -0.39 is 5.97 Å². The molecule has 0 aliphatic carbocycles. The normalized spacial score (nSPS) is 9.40. The van der Waals surface area contributed by atoms with Gasteiger partial charge in [-0.2, -0.15) is 5.26 Å². The zero-order valence-electron chi connectivity index (χ0n) is 8.69. The van der Waals surface area contributed by atoms with Crippen molar-refractivity contribution >= 4 is 11.7 Å². The van der Waals surface area contributed by atoms with Crippen molar-refractivity contribution in [3.8, 4) is 6.07 Å². The predicted octanol–water partition coefficient (Wildman–Crippen LogP) is 1.71. The van der Waals surface area contributed by atoms with Crippen LogP contribution in [0.3, 0.4) is 0 Å². The summed E-state index contributed by atoms with van der Waals surface area (Å²) in [6.07, 6.45) is 0. The van der Waals surface area contributed by atoms with Crippen LogP contribution in [0.1, 0.15) is 22.8 Å². The maximum absolute atomic E-state index is 11.0. The van der Waals surface area contributed by atoms with E-state index >= 15 is 0 Å². The number of hydrogen-bond acceptors (Lipinski definition) is 3. The molecule has 1 N–H and O–H groups in total. The first-order valence-electron chi connectivity index (χ1n) is 4.58. The van der Waals surface area contributed by atoms with Gasteiger partial charge >= 0.3 is 5.97 Å². The molecule has 78 valence electrons. The molecule has 0 saturated heterocycles. The van der Waals surface area contributed by atoms with Crippen molar-refractivity contribution in [3.63, 3.8) is 0 Å². The number of nitrogens with zero attached hydrogens (tertiary/aromatic N) is 2. The number of benzene rings is 1. The topological polar surface area (TPSA) is 64.3 Å². The molecule has 0 fully saturated rings. The van der Waals surface area contributed by atoms with Gasteiger partial charge in [-0.05, 0) is 25.1 Å². The lowest BCUT2D eigenvalue weighted by molar-refractivity contribution is 0.0697. The Labute approximate surface area is 88.4 Å². The third kappa shape index (κ3) is 2.26. The van der Waals surface area contributed by atoms with E-state index in [4.69, 9.17) is 10.4 Å². The summed E-state index contributed by atoms with van der Waals surface area (Å²) in [4.78, 5) is 12.8. The largest absolute Gasteiger partial charge is 0.478 e. The Kier molecular flexibility index (Phi) is 3.29. The molecule has 0 aliphatic heterocycles. The monoisotopic (exact) mass is 204 g/mol. The lowest BCUT2D eigenvalue weighted by Gasteiger charge is -2.18. The number of carboxylic acid groups (broad SMARTS) is 1. The van der Waals surface area contributed by atoms with Crippen molar-refractivity contribution in [2.24, 2.45) is 0 Å². The van der Waals surface area contributed by atoms with Crippen LogP contribution in [0.4, 0.5) is 5.69 Å². The van der Waals surface area contributed by atoms with Crippen molar-refractivity contribution in [2.45, 2.75) is 6.92 Å². The summed E-state index contributed by atoms with van der Waals surface area (Å²) >= 11 is 0. The van der Waals surface area contributed by atoms with E-state index in [-0.39, 0.29) is 5.56 Å². The van der Waals surface area contributed by atoms with Gasteiger partial charge in [0, 0.05) is 13.6 Å². The minimum atomic E-state index is -1.01. The zero-order valence-corrected chi connectivity index (χ0v) is 8.69. The van der Waals surface area contributed by atoms with E-state index in [2.05, 4.69) is 0 Å². The smallest absolute Gasteiger partial charge is 0.337 e. The number of hydrogen-bond donors (Lipinski definition) is 1. The first kappa shape index (κ1) is 11.1. The number of anilines is 1. The molecule has 0 unspecified atom stereocenters. The number of aromatic carboxylic acids is 1. The van der Waals surface area contributed by atoms with Gasteiger partial charge in [0.25, 0.3) is 0 Å². The van der Waals surface area contributed by atoms with Crippen molar-refractivity contribution in [3.05, 3.63) is 29.3 Å². The van der Waals surface area contributed by atoms with Gasteiger partial charge in [-0.3, -0.25) is 0 Å². The third-order valence-electron chi connectivity index (χ3n) is 2.24. The summed E-state index contributed by atoms with van der Waals surface area (Å²) in [6, 6.07) is 6.59. The second-order valence-corrected chi connectivity index (χ2v) is 3.16. The summed E-state index contributed by atoms with van der Waals surface area (Å²) in [6.45, 7) is 2.65. The summed E-state index contributed by atoms with van der Waals surface area (Å²) in [5.74, 6) is -1.01. The quantitative estimate of drug-likeness (QED) is 0.814. The Hall–Kier alpha value is -2.02. The highest BCUT2D eigenvalue weighted by Crippen LogP contribution is 2.20. The molecule has 0 spiro atoms. The van der Waals surface area contributed by atoms with Gasteiger partial charge in [0.05, 0.1) is 22.9 Å². The van der Waals surface area contributed by atoms with E-state index in [0.717, 1.165) is 0 Å². The molecule has 0 radical (unpaired) electrons. The predicted molar refractivity (Wildman–Crippen MR) is 57.1 cm³/mol. The Morgan fingerprint density at radius 2 is 2.27 bits per heavy atom. The summed E-state index contributed by atoms with van der Waals surface area (Å²) in [7, 11) is 1.81. The first-order chi connectivity index (χ1) is 7.10. The number of carboxylic acids is 1. The van der Waals surface area contributed by atoms with E-state index in [9.17, 15) is 4.79 Å². The van der Waals surface area contributed by atoms with E-state index in [0.29, 0.717) is 17.8 Å². The van der Waals surface area contributed by atoms with Gasteiger partial charge in [0.1, 0.15) is 0 Å². The number of carbonyl (C=O) groups is 1. The molecule has 0 atom stereocenters. The maximum Gasteiger partial charge on any atom is 0.337 e. The molecule has 15 heavy (non-hydrogen) atoms. The van der Waals surface area contributed by atoms with Crippen molar-refractivity contribution in [1.82, 2.24) is 0 Å². The maximum atomic E-state index is 11.0. The summed E-state index contributed by atoms with van der Waals surface area (Å²) < 4.78 is 0. The lowest BCUT2D eigenvalue weighted by Crippen LogP contribution is -2.19. The average Bonchev–Trinajstić information content (AvgIpc) is 2.27. The number of nitriles is 1. The SMILES string of the molecule is CCN(C)c1ccc(C#N)cc1C(=O)O. The molecule has 0 heterocycles. The van der Waals surface area contributed by atoms with E-state index in [1.807, 2.05) is 24.9 Å². The molecule has 1 rings (SSSR count). The molecular weight excluding hydrogens is 192 g/mol. The van der Waals surface area contributed by atoms with Gasteiger partial charge in [0.15, 0.2) is 0 Å². The number of rotatable bonds is 3. The summed E-state index contributed by atoms with van der Waals surface area (Å²) in [5, 5.41) is 17.7. The second-order valence-electron chi connectivity index (χ2n) is 3.16. The Bertz CT molecular complexity index is 421. The van der Waals surface area contributed by atoms with Crippen molar-refractivity contribution in [1.29, 1.82) is 5.26 Å². The molecular formula is C11H12N2O2. The molecule has 0 bridgehead atoms. The lowest BCUT2D eigenvalue weighted by atomic mass is 10.1. The Balaban J connectivity index is 3.28. The van der Waals surface area contributed by atoms with Gasteiger partial charge in [-0.25, -0.2) is 4.79 Å². The van der Waals surface area contributed by atoms with Crippen molar-refractivity contribution in [2.75, 3.05) is 18.5 Å². The minimum absolute atomic E-state index is 0.165. The van der Waals surface area contributed by atoms with Crippen LogP contribution in [0.5, 0.6) is 0 Å². The van der Waals surface area contributed by atoms with Crippen LogP contribution in [0.25, 0.3) is 0 Å². The highest BCUT2D eigenvalue weighted by atomic mass is 16.4. The van der Waals surface area contributed by atoms with Crippen LogP contribution in [0, 0.1) is 11.3 Å². The van der Waals surface area contributed by atoms with Gasteiger partial charge in [-0.1, -0.05) is 0 Å². The van der Waals surface area contributed by atoms with Crippen LogP contribution in [0.15, 0.2) is 18.2 Å². The second kappa shape index (κ2) is 4.47. The fourth-order valence-corrected chi connectivity index (χ4v) is 1.28. The molecule has 0 saturated carbocycles. The van der Waals surface area contributed by atoms with Crippen LogP contribution < -0.4 is 4.90 Å². The fraction of sp³-hybridized carbons (Fsp3) is 0.273. The Morgan fingerprint density at radius 3 is 2.73 bits per heavy atom. The standard InChI is InChI=1S/C11H12N2O2/c1-3-13(2)10-5-4-8(7-12)6-9(10)11(14)15/h4-6H,3H2,1-2H3,(H,14,15). The molecule has 4 heteroatoms. The molecule has 1 aromatic rings. The van der Waals surface area contributed by atoms with Gasteiger partial charge in [0.2, 0.25) is 0 Å².